The van der Waals surface area contributed by atoms with Crippen molar-refractivity contribution in [3.8, 4) is 5.75 Å². The number of non-ortho nitro benzene ring substituents is 1. The van der Waals surface area contributed by atoms with Gasteiger partial charge in [0.15, 0.2) is 0 Å². The zero-order chi connectivity index (χ0) is 12.4. The first kappa shape index (κ1) is 11.4. The number of nitrogens with zero attached hydrogens (tertiary/aromatic N) is 1. The molecule has 1 amide bonds. The summed E-state index contributed by atoms with van der Waals surface area (Å²) in [6.07, 6.45) is 1.55. The molecule has 17 heavy (non-hydrogen) atoms. The molecule has 0 spiro atoms. The first-order chi connectivity index (χ1) is 8.08. The van der Waals surface area contributed by atoms with E-state index in [1.807, 2.05) is 0 Å². The first-order valence-corrected chi connectivity index (χ1v) is 5.29. The van der Waals surface area contributed by atoms with E-state index in [1.54, 1.807) is 0 Å². The predicted octanol–water partition coefficient (Wildman–Crippen LogP) is 1.88. The molecule has 1 heterocycles. The normalized spacial score (nSPS) is 13.5. The average Bonchev–Trinajstić information content (AvgIpc) is 2.28. The van der Waals surface area contributed by atoms with Crippen molar-refractivity contribution in [2.75, 3.05) is 11.9 Å². The smallest absolute Gasteiger partial charge is 0.272 e. The number of carbonyl (C=O) groups is 1. The van der Waals surface area contributed by atoms with Crippen LogP contribution < -0.4 is 10.1 Å². The van der Waals surface area contributed by atoms with Crippen LogP contribution in [0, 0.1) is 10.1 Å². The highest BCUT2D eigenvalue weighted by Crippen LogP contribution is 2.36. The van der Waals surface area contributed by atoms with Gasteiger partial charge in [0.25, 0.3) is 5.69 Å². The van der Waals surface area contributed by atoms with Crippen LogP contribution in [0.25, 0.3) is 0 Å². The quantitative estimate of drug-likeness (QED) is 0.627. The summed E-state index contributed by atoms with van der Waals surface area (Å²) in [7, 11) is 0. The fourth-order valence-electron chi connectivity index (χ4n) is 1.85. The zero-order valence-electron chi connectivity index (χ0n) is 9.36. The maximum atomic E-state index is 11.0. The summed E-state index contributed by atoms with van der Waals surface area (Å²) in [5.41, 5.74) is 1.12. The molecular weight excluding hydrogens is 224 g/mol. The third-order valence-corrected chi connectivity index (χ3v) is 2.51. The number of hydrogen-bond donors (Lipinski definition) is 1. The first-order valence-electron chi connectivity index (χ1n) is 5.29. The number of nitrogens with one attached hydrogen (secondary N) is 1. The van der Waals surface area contributed by atoms with Gasteiger partial charge in [-0.15, -0.1) is 0 Å². The molecule has 90 valence electrons. The molecule has 0 atom stereocenters. The molecule has 0 fully saturated rings. The van der Waals surface area contributed by atoms with Gasteiger partial charge in [-0.2, -0.15) is 0 Å². The average molecular weight is 236 g/mol. The molecule has 0 aliphatic carbocycles. The van der Waals surface area contributed by atoms with Gasteiger partial charge < -0.3 is 10.1 Å². The number of hydrogen-bond acceptors (Lipinski definition) is 4. The lowest BCUT2D eigenvalue weighted by molar-refractivity contribution is -0.384. The molecular formula is C11H12N2O4. The molecule has 0 radical (unpaired) electrons. The summed E-state index contributed by atoms with van der Waals surface area (Å²) in [5.74, 6) is 0.277. The third-order valence-electron chi connectivity index (χ3n) is 2.51. The number of aryl methyl sites for hydroxylation is 1. The van der Waals surface area contributed by atoms with Crippen LogP contribution in [0.15, 0.2) is 12.1 Å². The van der Waals surface area contributed by atoms with E-state index >= 15 is 0 Å². The van der Waals surface area contributed by atoms with Gasteiger partial charge in [0.05, 0.1) is 17.2 Å². The summed E-state index contributed by atoms with van der Waals surface area (Å²) >= 11 is 0. The Morgan fingerprint density at radius 2 is 2.29 bits per heavy atom. The molecule has 0 saturated carbocycles. The van der Waals surface area contributed by atoms with E-state index in [-0.39, 0.29) is 11.6 Å². The van der Waals surface area contributed by atoms with Gasteiger partial charge in [-0.25, -0.2) is 0 Å². The van der Waals surface area contributed by atoms with Crippen LogP contribution in [-0.2, 0) is 11.2 Å². The SMILES string of the molecule is CC(=O)Nc1cc([N+](=O)[O-])cc2c1OCCC2. The van der Waals surface area contributed by atoms with Crippen LogP contribution in [-0.4, -0.2) is 17.4 Å². The minimum absolute atomic E-state index is 0.0296. The second-order valence-electron chi connectivity index (χ2n) is 3.87. The Bertz CT molecular complexity index is 485. The lowest BCUT2D eigenvalue weighted by Gasteiger charge is -2.20. The van der Waals surface area contributed by atoms with Crippen molar-refractivity contribution >= 4 is 17.3 Å². The van der Waals surface area contributed by atoms with Crippen molar-refractivity contribution in [3.63, 3.8) is 0 Å². The molecule has 2 rings (SSSR count). The lowest BCUT2D eigenvalue weighted by atomic mass is 10.0. The molecule has 1 aliphatic heterocycles. The Morgan fingerprint density at radius 3 is 2.94 bits per heavy atom. The number of fused-ring (bicyclic) bond motifs is 1. The number of amides is 1. The van der Waals surface area contributed by atoms with E-state index in [4.69, 9.17) is 4.74 Å². The highest BCUT2D eigenvalue weighted by Gasteiger charge is 2.20. The monoisotopic (exact) mass is 236 g/mol. The summed E-state index contributed by atoms with van der Waals surface area (Å²) in [6.45, 7) is 1.92. The molecule has 0 bridgehead atoms. The number of carbonyl (C=O) groups excluding carboxylic acids is 1. The number of nitro groups is 1. The molecule has 0 unspecified atom stereocenters. The largest absolute Gasteiger partial charge is 0.491 e. The van der Waals surface area contributed by atoms with Gasteiger partial charge in [-0.3, -0.25) is 14.9 Å². The maximum Gasteiger partial charge on any atom is 0.272 e. The van der Waals surface area contributed by atoms with Crippen LogP contribution in [0.2, 0.25) is 0 Å². The number of anilines is 1. The molecule has 0 saturated heterocycles. The molecule has 1 aliphatic rings. The fourth-order valence-corrected chi connectivity index (χ4v) is 1.85. The van der Waals surface area contributed by atoms with Gasteiger partial charge in [0, 0.05) is 24.6 Å². The summed E-state index contributed by atoms with van der Waals surface area (Å²) in [5, 5.41) is 13.3. The Morgan fingerprint density at radius 1 is 1.53 bits per heavy atom. The number of ether oxygens (including phenoxy) is 1. The van der Waals surface area contributed by atoms with Crippen LogP contribution in [0.3, 0.4) is 0 Å². The standard InChI is InChI=1S/C11H12N2O4/c1-7(14)12-10-6-9(13(15)16)5-8-3-2-4-17-11(8)10/h5-6H,2-4H2,1H3,(H,12,14). The van der Waals surface area contributed by atoms with Crippen molar-refractivity contribution in [1.82, 2.24) is 0 Å². The molecule has 0 aromatic heterocycles. The Hall–Kier alpha value is -2.11. The number of nitro benzene ring substituents is 1. The highest BCUT2D eigenvalue weighted by molar-refractivity contribution is 5.91. The Kier molecular flexibility index (Phi) is 2.95. The lowest BCUT2D eigenvalue weighted by Crippen LogP contribution is -2.14. The van der Waals surface area contributed by atoms with Crippen LogP contribution in [0.4, 0.5) is 11.4 Å². The van der Waals surface area contributed by atoms with Gasteiger partial charge in [-0.05, 0) is 12.8 Å². The van der Waals surface area contributed by atoms with Crippen molar-refractivity contribution in [1.29, 1.82) is 0 Å². The Balaban J connectivity index is 2.49. The number of rotatable bonds is 2. The fraction of sp³-hybridized carbons (Fsp3) is 0.364. The van der Waals surface area contributed by atoms with Crippen molar-refractivity contribution < 1.29 is 14.5 Å². The number of benzene rings is 1. The molecule has 6 nitrogen and oxygen atoms in total. The maximum absolute atomic E-state index is 11.0. The van der Waals surface area contributed by atoms with Crippen LogP contribution in [0.5, 0.6) is 5.75 Å². The summed E-state index contributed by atoms with van der Waals surface area (Å²) in [4.78, 5) is 21.3. The molecule has 1 aromatic carbocycles. The molecule has 6 heteroatoms. The van der Waals surface area contributed by atoms with Crippen LogP contribution >= 0.6 is 0 Å². The second kappa shape index (κ2) is 4.40. The summed E-state index contributed by atoms with van der Waals surface area (Å²) in [6, 6.07) is 2.82. The van der Waals surface area contributed by atoms with Gasteiger partial charge in [-0.1, -0.05) is 0 Å². The minimum atomic E-state index is -0.472. The van der Waals surface area contributed by atoms with E-state index in [0.29, 0.717) is 18.0 Å². The predicted molar refractivity (Wildman–Crippen MR) is 61.2 cm³/mol. The third kappa shape index (κ3) is 2.35. The van der Waals surface area contributed by atoms with E-state index < -0.39 is 4.92 Å². The topological polar surface area (TPSA) is 81.5 Å². The molecule has 1 N–H and O–H groups in total. The highest BCUT2D eigenvalue weighted by atomic mass is 16.6. The van der Waals surface area contributed by atoms with E-state index in [9.17, 15) is 14.9 Å². The van der Waals surface area contributed by atoms with Gasteiger partial charge in [0.1, 0.15) is 5.75 Å². The summed E-state index contributed by atoms with van der Waals surface area (Å²) < 4.78 is 5.45. The van der Waals surface area contributed by atoms with Crippen molar-refractivity contribution in [2.24, 2.45) is 0 Å². The zero-order valence-corrected chi connectivity index (χ0v) is 9.36. The van der Waals surface area contributed by atoms with E-state index in [2.05, 4.69) is 5.32 Å². The minimum Gasteiger partial charge on any atom is -0.491 e. The van der Waals surface area contributed by atoms with Gasteiger partial charge >= 0.3 is 0 Å². The van der Waals surface area contributed by atoms with E-state index in [0.717, 1.165) is 18.4 Å². The van der Waals surface area contributed by atoms with Crippen molar-refractivity contribution in [3.05, 3.63) is 27.8 Å². The van der Waals surface area contributed by atoms with Gasteiger partial charge in [0.2, 0.25) is 5.91 Å². The molecule has 1 aromatic rings. The Labute approximate surface area is 97.7 Å². The second-order valence-corrected chi connectivity index (χ2v) is 3.87. The van der Waals surface area contributed by atoms with E-state index in [1.165, 1.54) is 19.1 Å². The van der Waals surface area contributed by atoms with Crippen LogP contribution in [0.1, 0.15) is 18.9 Å². The van der Waals surface area contributed by atoms with Crippen molar-refractivity contribution in [2.45, 2.75) is 19.8 Å².